The van der Waals surface area contributed by atoms with Gasteiger partial charge in [0.2, 0.25) is 0 Å². The molecule has 1 aliphatic heterocycles. The van der Waals surface area contributed by atoms with E-state index in [1.54, 1.807) is 0 Å². The summed E-state index contributed by atoms with van der Waals surface area (Å²) in [6.07, 6.45) is 7.77. The molecule has 20 heavy (non-hydrogen) atoms. The Morgan fingerprint density at radius 3 is 2.65 bits per heavy atom. The number of carbonyl (C=O) groups is 1. The number of piperidine rings is 1. The first-order valence-corrected chi connectivity index (χ1v) is 8.46. The number of hydrogen-bond acceptors (Lipinski definition) is 2. The van der Waals surface area contributed by atoms with Crippen LogP contribution in [0.4, 0.5) is 0 Å². The highest BCUT2D eigenvalue weighted by atomic mass is 16.4. The van der Waals surface area contributed by atoms with E-state index in [-0.39, 0.29) is 6.04 Å². The minimum atomic E-state index is -0.633. The van der Waals surface area contributed by atoms with Crippen molar-refractivity contribution in [3.05, 3.63) is 0 Å². The lowest BCUT2D eigenvalue weighted by Crippen LogP contribution is -2.53. The molecule has 2 rings (SSSR count). The molecule has 0 spiro atoms. The molecule has 1 saturated heterocycles. The molecule has 1 aliphatic carbocycles. The van der Waals surface area contributed by atoms with Gasteiger partial charge in [0.1, 0.15) is 0 Å². The third-order valence-electron chi connectivity index (χ3n) is 5.50. The Kier molecular flexibility index (Phi) is 5.48. The topological polar surface area (TPSA) is 40.5 Å². The highest BCUT2D eigenvalue weighted by Crippen LogP contribution is 2.39. The normalized spacial score (nSPS) is 36.2. The summed E-state index contributed by atoms with van der Waals surface area (Å²) >= 11 is 0. The molecule has 2 aliphatic rings. The van der Waals surface area contributed by atoms with E-state index in [4.69, 9.17) is 0 Å². The third kappa shape index (κ3) is 3.75. The SMILES string of the molecule is CC1CCC(C(C)C)C(N2CCCCC2CC(=O)O)C1. The van der Waals surface area contributed by atoms with Crippen LogP contribution in [0.25, 0.3) is 0 Å². The summed E-state index contributed by atoms with van der Waals surface area (Å²) < 4.78 is 0. The van der Waals surface area contributed by atoms with Crippen LogP contribution >= 0.6 is 0 Å². The molecule has 4 atom stereocenters. The molecule has 0 aromatic rings. The molecular formula is C17H31NO2. The van der Waals surface area contributed by atoms with Crippen LogP contribution < -0.4 is 0 Å². The van der Waals surface area contributed by atoms with E-state index in [1.807, 2.05) is 0 Å². The van der Waals surface area contributed by atoms with Crippen LogP contribution in [0.5, 0.6) is 0 Å². The van der Waals surface area contributed by atoms with Crippen molar-refractivity contribution in [1.29, 1.82) is 0 Å². The monoisotopic (exact) mass is 281 g/mol. The number of aliphatic carboxylic acids is 1. The molecule has 3 nitrogen and oxygen atoms in total. The average Bonchev–Trinajstić information content (AvgIpc) is 2.38. The number of carboxylic acid groups (broad SMARTS) is 1. The Labute approximate surface area is 123 Å². The number of carboxylic acids is 1. The van der Waals surface area contributed by atoms with Crippen LogP contribution in [-0.2, 0) is 4.79 Å². The van der Waals surface area contributed by atoms with E-state index in [0.29, 0.717) is 18.4 Å². The summed E-state index contributed by atoms with van der Waals surface area (Å²) in [5, 5.41) is 9.18. The minimum absolute atomic E-state index is 0.276. The first-order chi connectivity index (χ1) is 9.49. The van der Waals surface area contributed by atoms with Gasteiger partial charge >= 0.3 is 5.97 Å². The number of likely N-dealkylation sites (tertiary alicyclic amines) is 1. The van der Waals surface area contributed by atoms with Gasteiger partial charge in [0.05, 0.1) is 6.42 Å². The van der Waals surface area contributed by atoms with Gasteiger partial charge in [0.15, 0.2) is 0 Å². The molecule has 3 heteroatoms. The summed E-state index contributed by atoms with van der Waals surface area (Å²) in [5.74, 6) is 1.62. The Hall–Kier alpha value is -0.570. The Bertz CT molecular complexity index is 329. The summed E-state index contributed by atoms with van der Waals surface area (Å²) in [5.41, 5.74) is 0. The Morgan fingerprint density at radius 1 is 1.25 bits per heavy atom. The van der Waals surface area contributed by atoms with Crippen LogP contribution in [0, 0.1) is 17.8 Å². The van der Waals surface area contributed by atoms with Crippen LogP contribution in [-0.4, -0.2) is 34.6 Å². The van der Waals surface area contributed by atoms with Crippen molar-refractivity contribution >= 4 is 5.97 Å². The van der Waals surface area contributed by atoms with Gasteiger partial charge in [-0.05, 0) is 50.0 Å². The van der Waals surface area contributed by atoms with Gasteiger partial charge in [-0.15, -0.1) is 0 Å². The molecule has 0 aromatic heterocycles. The second kappa shape index (κ2) is 6.93. The Morgan fingerprint density at radius 2 is 2.00 bits per heavy atom. The van der Waals surface area contributed by atoms with E-state index in [1.165, 1.54) is 32.1 Å². The first kappa shape index (κ1) is 15.8. The van der Waals surface area contributed by atoms with Gasteiger partial charge in [-0.3, -0.25) is 9.69 Å². The van der Waals surface area contributed by atoms with Crippen molar-refractivity contribution in [3.63, 3.8) is 0 Å². The lowest BCUT2D eigenvalue weighted by Gasteiger charge is -2.48. The maximum Gasteiger partial charge on any atom is 0.304 e. The predicted molar refractivity (Wildman–Crippen MR) is 81.7 cm³/mol. The number of nitrogens with zero attached hydrogens (tertiary/aromatic N) is 1. The van der Waals surface area contributed by atoms with Crippen LogP contribution in [0.1, 0.15) is 65.7 Å². The fourth-order valence-electron chi connectivity index (χ4n) is 4.41. The fourth-order valence-corrected chi connectivity index (χ4v) is 4.41. The van der Waals surface area contributed by atoms with E-state index in [9.17, 15) is 9.90 Å². The molecule has 0 amide bonds. The fraction of sp³-hybridized carbons (Fsp3) is 0.941. The number of rotatable bonds is 4. The Balaban J connectivity index is 2.12. The van der Waals surface area contributed by atoms with Crippen molar-refractivity contribution in [2.45, 2.75) is 77.8 Å². The van der Waals surface area contributed by atoms with Crippen molar-refractivity contribution < 1.29 is 9.90 Å². The smallest absolute Gasteiger partial charge is 0.304 e. The van der Waals surface area contributed by atoms with Gasteiger partial charge in [-0.1, -0.05) is 33.6 Å². The maximum atomic E-state index is 11.1. The van der Waals surface area contributed by atoms with Crippen LogP contribution in [0.2, 0.25) is 0 Å². The molecule has 1 saturated carbocycles. The highest BCUT2D eigenvalue weighted by Gasteiger charge is 2.38. The first-order valence-electron chi connectivity index (χ1n) is 8.46. The summed E-state index contributed by atoms with van der Waals surface area (Å²) in [6.45, 7) is 8.14. The van der Waals surface area contributed by atoms with Crippen molar-refractivity contribution in [1.82, 2.24) is 4.90 Å². The zero-order valence-electron chi connectivity index (χ0n) is 13.3. The van der Waals surface area contributed by atoms with Crippen LogP contribution in [0.15, 0.2) is 0 Å². The van der Waals surface area contributed by atoms with Gasteiger partial charge in [0.25, 0.3) is 0 Å². The quantitative estimate of drug-likeness (QED) is 0.852. The minimum Gasteiger partial charge on any atom is -0.481 e. The van der Waals surface area contributed by atoms with Gasteiger partial charge in [0, 0.05) is 12.1 Å². The van der Waals surface area contributed by atoms with Gasteiger partial charge < -0.3 is 5.11 Å². The zero-order chi connectivity index (χ0) is 14.7. The van der Waals surface area contributed by atoms with Crippen molar-refractivity contribution in [2.75, 3.05) is 6.54 Å². The molecular weight excluding hydrogens is 250 g/mol. The lowest BCUT2D eigenvalue weighted by molar-refractivity contribution is -0.139. The van der Waals surface area contributed by atoms with Gasteiger partial charge in [-0.25, -0.2) is 0 Å². The largest absolute Gasteiger partial charge is 0.481 e. The second-order valence-corrected chi connectivity index (χ2v) is 7.38. The maximum absolute atomic E-state index is 11.1. The standard InChI is InChI=1S/C17H31NO2/c1-12(2)15-8-7-13(3)10-16(15)18-9-5-4-6-14(18)11-17(19)20/h12-16H,4-11H2,1-3H3,(H,19,20). The molecule has 0 aromatic carbocycles. The molecule has 0 bridgehead atoms. The molecule has 116 valence electrons. The highest BCUT2D eigenvalue weighted by molar-refractivity contribution is 5.67. The third-order valence-corrected chi connectivity index (χ3v) is 5.50. The summed E-state index contributed by atoms with van der Waals surface area (Å²) in [7, 11) is 0. The molecule has 0 radical (unpaired) electrons. The molecule has 1 N–H and O–H groups in total. The van der Waals surface area contributed by atoms with Crippen molar-refractivity contribution in [3.8, 4) is 0 Å². The summed E-state index contributed by atoms with van der Waals surface area (Å²) in [6, 6.07) is 0.890. The zero-order valence-corrected chi connectivity index (χ0v) is 13.3. The average molecular weight is 281 g/mol. The van der Waals surface area contributed by atoms with E-state index in [2.05, 4.69) is 25.7 Å². The molecule has 2 fully saturated rings. The number of hydrogen-bond donors (Lipinski definition) is 1. The second-order valence-electron chi connectivity index (χ2n) is 7.38. The van der Waals surface area contributed by atoms with E-state index < -0.39 is 5.97 Å². The van der Waals surface area contributed by atoms with E-state index >= 15 is 0 Å². The summed E-state index contributed by atoms with van der Waals surface area (Å²) in [4.78, 5) is 13.7. The molecule has 1 heterocycles. The molecule has 4 unspecified atom stereocenters. The predicted octanol–water partition coefficient (Wildman–Crippen LogP) is 3.78. The van der Waals surface area contributed by atoms with E-state index in [0.717, 1.165) is 24.8 Å². The van der Waals surface area contributed by atoms with Crippen LogP contribution in [0.3, 0.4) is 0 Å². The van der Waals surface area contributed by atoms with Gasteiger partial charge in [-0.2, -0.15) is 0 Å². The lowest BCUT2D eigenvalue weighted by atomic mass is 9.72. The van der Waals surface area contributed by atoms with Crippen molar-refractivity contribution in [2.24, 2.45) is 17.8 Å².